The van der Waals surface area contributed by atoms with Gasteiger partial charge in [-0.3, -0.25) is 0 Å². The molecular weight excluding hydrogens is 528 g/mol. The highest BCUT2D eigenvalue weighted by molar-refractivity contribution is 6.14. The second kappa shape index (κ2) is 10.3. The highest BCUT2D eigenvalue weighted by Crippen LogP contribution is 2.45. The van der Waals surface area contributed by atoms with Gasteiger partial charge in [0.2, 0.25) is 0 Å². The Kier molecular flexibility index (Phi) is 7.49. The number of nitrogens with zero attached hydrogens (tertiary/aromatic N) is 5. The number of carbonyl (C=O) groups excluding carboxylic acids is 3. The Morgan fingerprint density at radius 2 is 1.34 bits per heavy atom. The van der Waals surface area contributed by atoms with E-state index in [1.165, 1.54) is 0 Å². The number of carbonyl (C=O) groups is 3. The minimum absolute atomic E-state index is 0.00203. The molecule has 0 atom stereocenters. The van der Waals surface area contributed by atoms with E-state index in [2.05, 4.69) is 10.1 Å². The molecule has 220 valence electrons. The van der Waals surface area contributed by atoms with Crippen LogP contribution < -0.4 is 10.6 Å². The number of imide groups is 1. The lowest BCUT2D eigenvalue weighted by molar-refractivity contribution is 0.0420. The molecular formula is C29H38N6O6. The van der Waals surface area contributed by atoms with Crippen molar-refractivity contribution in [3.8, 4) is 11.4 Å². The number of hydrogen-bond acceptors (Lipinski definition) is 10. The smallest absolute Gasteiger partial charge is 0.437 e. The number of anilines is 2. The van der Waals surface area contributed by atoms with Crippen LogP contribution in [0.15, 0.2) is 24.3 Å². The maximum absolute atomic E-state index is 13.5. The molecule has 0 saturated heterocycles. The third-order valence-corrected chi connectivity index (χ3v) is 5.60. The number of fused-ring (bicyclic) bond motifs is 1. The van der Waals surface area contributed by atoms with Crippen molar-refractivity contribution in [1.29, 1.82) is 0 Å². The highest BCUT2D eigenvalue weighted by atomic mass is 16.6. The maximum Gasteiger partial charge on any atom is 0.437 e. The minimum Gasteiger partial charge on any atom is -0.443 e. The fourth-order valence-electron chi connectivity index (χ4n) is 3.89. The summed E-state index contributed by atoms with van der Waals surface area (Å²) in [6.45, 7) is 15.2. The summed E-state index contributed by atoms with van der Waals surface area (Å²) in [6.07, 6.45) is -1.24. The fourth-order valence-corrected chi connectivity index (χ4v) is 3.89. The highest BCUT2D eigenvalue weighted by Gasteiger charge is 2.40. The van der Waals surface area contributed by atoms with Gasteiger partial charge in [-0.05, 0) is 99.4 Å². The fraction of sp³-hybridized carbons (Fsp3) is 0.517. The molecule has 12 nitrogen and oxygen atoms in total. The summed E-state index contributed by atoms with van der Waals surface area (Å²) in [4.78, 5) is 50.7. The van der Waals surface area contributed by atoms with Gasteiger partial charge in [-0.1, -0.05) is 0 Å². The molecule has 2 heterocycles. The molecule has 12 heteroatoms. The molecule has 41 heavy (non-hydrogen) atoms. The minimum atomic E-state index is -1.02. The van der Waals surface area contributed by atoms with Crippen LogP contribution in [-0.4, -0.2) is 54.8 Å². The van der Waals surface area contributed by atoms with Gasteiger partial charge < -0.3 is 19.9 Å². The number of nitrogens with two attached hydrogens (primary N) is 1. The van der Waals surface area contributed by atoms with Crippen molar-refractivity contribution < 1.29 is 28.6 Å². The molecule has 2 amide bonds. The third kappa shape index (κ3) is 7.11. The van der Waals surface area contributed by atoms with Gasteiger partial charge in [-0.15, -0.1) is 9.78 Å². The summed E-state index contributed by atoms with van der Waals surface area (Å²) in [5.41, 5.74) is 4.98. The van der Waals surface area contributed by atoms with Crippen molar-refractivity contribution >= 4 is 40.8 Å². The molecule has 1 saturated carbocycles. The van der Waals surface area contributed by atoms with E-state index in [1.54, 1.807) is 86.6 Å². The van der Waals surface area contributed by atoms with Gasteiger partial charge in [0.1, 0.15) is 16.8 Å². The van der Waals surface area contributed by atoms with Gasteiger partial charge in [0.05, 0.1) is 11.1 Å². The predicted octanol–water partition coefficient (Wildman–Crippen LogP) is 6.41. The summed E-state index contributed by atoms with van der Waals surface area (Å²) >= 11 is 0. The average molecular weight is 567 g/mol. The second-order valence-electron chi connectivity index (χ2n) is 13.0. The molecule has 4 rings (SSSR count). The third-order valence-electron chi connectivity index (χ3n) is 5.60. The van der Waals surface area contributed by atoms with E-state index < -0.39 is 35.1 Å². The molecule has 0 unspecified atom stereocenters. The maximum atomic E-state index is 13.5. The molecule has 0 bridgehead atoms. The van der Waals surface area contributed by atoms with E-state index >= 15 is 0 Å². The van der Waals surface area contributed by atoms with Gasteiger partial charge in [-0.2, -0.15) is 4.90 Å². The molecule has 1 fully saturated rings. The summed E-state index contributed by atoms with van der Waals surface area (Å²) in [7, 11) is 0. The zero-order valence-corrected chi connectivity index (χ0v) is 25.1. The molecule has 2 aromatic heterocycles. The first-order valence-corrected chi connectivity index (χ1v) is 13.5. The van der Waals surface area contributed by atoms with Crippen LogP contribution in [-0.2, 0) is 14.2 Å². The first-order valence-electron chi connectivity index (χ1n) is 13.5. The van der Waals surface area contributed by atoms with Crippen LogP contribution in [0.4, 0.5) is 25.9 Å². The lowest BCUT2D eigenvalue weighted by Gasteiger charge is -2.27. The zero-order chi connectivity index (χ0) is 30.5. The van der Waals surface area contributed by atoms with E-state index in [1.807, 2.05) is 0 Å². The van der Waals surface area contributed by atoms with Gasteiger partial charge in [0.25, 0.3) is 0 Å². The molecule has 1 aliphatic carbocycles. The SMILES string of the molecule is CC(C)(C)OC(=O)N(C(=O)OC(C)(C)C)c1nn(C(=O)OC(C)(C)C)c2nc(-c3ccc(N)cc3)nc(C3CC3)c12. The van der Waals surface area contributed by atoms with E-state index in [0.29, 0.717) is 27.7 Å². The predicted molar refractivity (Wildman–Crippen MR) is 154 cm³/mol. The van der Waals surface area contributed by atoms with Gasteiger partial charge >= 0.3 is 18.3 Å². The number of hydrogen-bond donors (Lipinski definition) is 1. The molecule has 1 aliphatic rings. The molecule has 0 radical (unpaired) electrons. The van der Waals surface area contributed by atoms with Gasteiger partial charge in [0, 0.05) is 17.2 Å². The molecule has 0 spiro atoms. The van der Waals surface area contributed by atoms with E-state index in [-0.39, 0.29) is 22.8 Å². The number of amides is 2. The Labute approximate surface area is 239 Å². The Balaban J connectivity index is 2.02. The van der Waals surface area contributed by atoms with Crippen LogP contribution in [0.1, 0.15) is 86.8 Å². The zero-order valence-electron chi connectivity index (χ0n) is 25.1. The number of benzene rings is 1. The van der Waals surface area contributed by atoms with Gasteiger partial charge in [0.15, 0.2) is 17.3 Å². The number of nitrogen functional groups attached to an aromatic ring is 1. The van der Waals surface area contributed by atoms with E-state index in [9.17, 15) is 14.4 Å². The Morgan fingerprint density at radius 1 is 0.829 bits per heavy atom. The van der Waals surface area contributed by atoms with Crippen LogP contribution in [0.2, 0.25) is 0 Å². The average Bonchev–Trinajstić information content (AvgIpc) is 3.57. The summed E-state index contributed by atoms with van der Waals surface area (Å²) < 4.78 is 17.7. The van der Waals surface area contributed by atoms with Gasteiger partial charge in [-0.25, -0.2) is 24.4 Å². The first-order chi connectivity index (χ1) is 18.8. The topological polar surface area (TPSA) is 152 Å². The first kappa shape index (κ1) is 29.8. The summed E-state index contributed by atoms with van der Waals surface area (Å²) in [5.74, 6) is 0.152. The largest absolute Gasteiger partial charge is 0.443 e. The molecule has 0 aliphatic heterocycles. The second-order valence-corrected chi connectivity index (χ2v) is 13.0. The van der Waals surface area contributed by atoms with Crippen LogP contribution in [0.3, 0.4) is 0 Å². The molecule has 2 N–H and O–H groups in total. The van der Waals surface area contributed by atoms with Crippen molar-refractivity contribution in [1.82, 2.24) is 19.7 Å². The van der Waals surface area contributed by atoms with Crippen molar-refractivity contribution in [3.63, 3.8) is 0 Å². The van der Waals surface area contributed by atoms with E-state index in [4.69, 9.17) is 24.9 Å². The van der Waals surface area contributed by atoms with Crippen LogP contribution in [0, 0.1) is 0 Å². The molecule has 1 aromatic carbocycles. The number of rotatable bonds is 3. The van der Waals surface area contributed by atoms with Crippen molar-refractivity contribution in [2.75, 3.05) is 10.6 Å². The van der Waals surface area contributed by atoms with Crippen LogP contribution >= 0.6 is 0 Å². The molecule has 3 aromatic rings. The van der Waals surface area contributed by atoms with E-state index in [0.717, 1.165) is 17.5 Å². The van der Waals surface area contributed by atoms with Crippen LogP contribution in [0.25, 0.3) is 22.4 Å². The standard InChI is InChI=1S/C29H38N6O6/c1-27(2,3)39-24(36)34(25(37)40-28(4,5)6)23-19-20(16-10-11-16)31-21(17-12-14-18(30)15-13-17)32-22(19)35(33-23)26(38)41-29(7,8)9/h12-16H,10-11,30H2,1-9H3. The van der Waals surface area contributed by atoms with Crippen molar-refractivity contribution in [2.45, 2.75) is 97.9 Å². The monoisotopic (exact) mass is 566 g/mol. The number of ether oxygens (including phenoxy) is 3. The summed E-state index contributed by atoms with van der Waals surface area (Å²) in [5, 5.41) is 4.70. The normalized spacial score (nSPS) is 14.1. The lowest BCUT2D eigenvalue weighted by Crippen LogP contribution is -2.44. The lowest BCUT2D eigenvalue weighted by atomic mass is 10.1. The Bertz CT molecular complexity index is 1460. The Morgan fingerprint density at radius 3 is 1.80 bits per heavy atom. The Hall–Kier alpha value is -4.22. The summed E-state index contributed by atoms with van der Waals surface area (Å²) in [6, 6.07) is 7.00. The quantitative estimate of drug-likeness (QED) is 0.278. The van der Waals surface area contributed by atoms with Crippen molar-refractivity contribution in [2.24, 2.45) is 0 Å². The van der Waals surface area contributed by atoms with Crippen molar-refractivity contribution in [3.05, 3.63) is 30.0 Å². The number of aromatic nitrogens is 4. The van der Waals surface area contributed by atoms with Crippen LogP contribution in [0.5, 0.6) is 0 Å².